The van der Waals surface area contributed by atoms with Crippen LogP contribution < -0.4 is 5.32 Å². The third kappa shape index (κ3) is 4.35. The summed E-state index contributed by atoms with van der Waals surface area (Å²) in [6.45, 7) is 8.35. The number of rotatable bonds is 6. The van der Waals surface area contributed by atoms with Crippen LogP contribution in [0.15, 0.2) is 59.4 Å². The SMILES string of the molecule is Cc1c(-c2nc3nccc(-c4ccc5c(c4)C=CC=C[C@H]5NC(=O)c4nc(C5(C)CC5)no4)c3[nH]2)cnn1C(C)C. The molecule has 2 aliphatic rings. The molecule has 0 saturated heterocycles. The summed E-state index contributed by atoms with van der Waals surface area (Å²) in [6, 6.07) is 8.11. The summed E-state index contributed by atoms with van der Waals surface area (Å²) in [4.78, 5) is 30.2. The Morgan fingerprint density at radius 1 is 1.17 bits per heavy atom. The molecule has 10 nitrogen and oxygen atoms in total. The van der Waals surface area contributed by atoms with Crippen molar-refractivity contribution in [2.24, 2.45) is 0 Å². The number of carbonyl (C=O) groups excluding carboxylic acids is 1. The van der Waals surface area contributed by atoms with E-state index in [0.717, 1.165) is 57.7 Å². The maximum Gasteiger partial charge on any atom is 0.315 e. The Balaban J connectivity index is 1.20. The minimum atomic E-state index is -0.392. The van der Waals surface area contributed by atoms with Gasteiger partial charge in [0.1, 0.15) is 5.82 Å². The van der Waals surface area contributed by atoms with Gasteiger partial charge in [-0.25, -0.2) is 9.97 Å². The topological polar surface area (TPSA) is 127 Å². The smallest absolute Gasteiger partial charge is 0.315 e. The molecule has 206 valence electrons. The molecule has 0 radical (unpaired) electrons. The van der Waals surface area contributed by atoms with E-state index in [0.29, 0.717) is 11.5 Å². The first kappa shape index (κ1) is 25.1. The van der Waals surface area contributed by atoms with Crippen LogP contribution in [-0.2, 0) is 5.41 Å². The summed E-state index contributed by atoms with van der Waals surface area (Å²) in [5, 5.41) is 11.6. The number of nitrogens with zero attached hydrogens (tertiary/aromatic N) is 6. The van der Waals surface area contributed by atoms with Crippen LogP contribution in [0.2, 0.25) is 0 Å². The number of hydrogen-bond acceptors (Lipinski definition) is 7. The lowest BCUT2D eigenvalue weighted by molar-refractivity contribution is 0.0900. The van der Waals surface area contributed by atoms with Crippen molar-refractivity contribution in [3.8, 4) is 22.5 Å². The van der Waals surface area contributed by atoms with Crippen molar-refractivity contribution < 1.29 is 9.32 Å². The molecular formula is C31H30N8O2. The van der Waals surface area contributed by atoms with Crippen LogP contribution in [0, 0.1) is 6.92 Å². The maximum atomic E-state index is 13.0. The Hall–Kier alpha value is -4.86. The van der Waals surface area contributed by atoms with E-state index >= 15 is 0 Å². The van der Waals surface area contributed by atoms with Crippen molar-refractivity contribution in [3.05, 3.63) is 83.4 Å². The molecule has 0 spiro atoms. The lowest BCUT2D eigenvalue weighted by atomic mass is 9.95. The molecule has 5 aromatic rings. The maximum absolute atomic E-state index is 13.0. The van der Waals surface area contributed by atoms with Crippen LogP contribution in [0.1, 0.15) is 79.0 Å². The number of aromatic amines is 1. The molecule has 1 atom stereocenters. The second-order valence-electron chi connectivity index (χ2n) is 11.3. The molecule has 7 rings (SSSR count). The number of imidazole rings is 1. The van der Waals surface area contributed by atoms with Gasteiger partial charge in [-0.15, -0.1) is 0 Å². The van der Waals surface area contributed by atoms with Gasteiger partial charge in [0.05, 0.1) is 23.3 Å². The Labute approximate surface area is 236 Å². The number of amides is 1. The Morgan fingerprint density at radius 2 is 2.02 bits per heavy atom. The lowest BCUT2D eigenvalue weighted by Crippen LogP contribution is -2.28. The number of aromatic nitrogens is 7. The highest BCUT2D eigenvalue weighted by molar-refractivity contribution is 5.92. The normalized spacial score (nSPS) is 17.1. The van der Waals surface area contributed by atoms with Crippen LogP contribution in [0.5, 0.6) is 0 Å². The minimum Gasteiger partial charge on any atom is -0.337 e. The van der Waals surface area contributed by atoms with Crippen LogP contribution in [-0.4, -0.2) is 40.8 Å². The van der Waals surface area contributed by atoms with Crippen molar-refractivity contribution >= 4 is 23.1 Å². The van der Waals surface area contributed by atoms with Crippen molar-refractivity contribution in [2.75, 3.05) is 0 Å². The Kier molecular flexibility index (Phi) is 5.74. The number of allylic oxidation sites excluding steroid dienone is 2. The van der Waals surface area contributed by atoms with Crippen LogP contribution >= 0.6 is 0 Å². The van der Waals surface area contributed by atoms with Crippen LogP contribution in [0.25, 0.3) is 39.8 Å². The van der Waals surface area contributed by atoms with Gasteiger partial charge in [-0.1, -0.05) is 48.5 Å². The van der Waals surface area contributed by atoms with E-state index in [1.165, 1.54) is 0 Å². The van der Waals surface area contributed by atoms with Crippen molar-refractivity contribution in [1.29, 1.82) is 0 Å². The number of fused-ring (bicyclic) bond motifs is 2. The zero-order valence-corrected chi connectivity index (χ0v) is 23.3. The molecule has 0 bridgehead atoms. The first-order valence-electron chi connectivity index (χ1n) is 13.8. The fourth-order valence-electron chi connectivity index (χ4n) is 5.36. The molecule has 2 aliphatic carbocycles. The monoisotopic (exact) mass is 546 g/mol. The minimum absolute atomic E-state index is 0.0136. The van der Waals surface area contributed by atoms with Gasteiger partial charge in [0.15, 0.2) is 11.5 Å². The van der Waals surface area contributed by atoms with Crippen LogP contribution in [0.4, 0.5) is 0 Å². The molecular weight excluding hydrogens is 516 g/mol. The van der Waals surface area contributed by atoms with Gasteiger partial charge < -0.3 is 14.8 Å². The van der Waals surface area contributed by atoms with E-state index in [1.807, 2.05) is 47.3 Å². The van der Waals surface area contributed by atoms with Crippen LogP contribution in [0.3, 0.4) is 0 Å². The van der Waals surface area contributed by atoms with Crippen molar-refractivity contribution in [3.63, 3.8) is 0 Å². The molecule has 4 heterocycles. The second kappa shape index (κ2) is 9.36. The van der Waals surface area contributed by atoms with Gasteiger partial charge in [-0.05, 0) is 62.4 Å². The number of benzene rings is 1. The van der Waals surface area contributed by atoms with E-state index in [-0.39, 0.29) is 23.4 Å². The average Bonchev–Trinajstić information content (AvgIpc) is 3.30. The highest BCUT2D eigenvalue weighted by Gasteiger charge is 2.44. The summed E-state index contributed by atoms with van der Waals surface area (Å²) in [6.07, 6.45) is 13.5. The summed E-state index contributed by atoms with van der Waals surface area (Å²) < 4.78 is 7.28. The highest BCUT2D eigenvalue weighted by Crippen LogP contribution is 2.46. The summed E-state index contributed by atoms with van der Waals surface area (Å²) in [5.74, 6) is 0.933. The third-order valence-electron chi connectivity index (χ3n) is 8.05. The van der Waals surface area contributed by atoms with Crippen molar-refractivity contribution in [2.45, 2.75) is 58.0 Å². The number of nitrogens with one attached hydrogen (secondary N) is 2. The first-order chi connectivity index (χ1) is 19.8. The lowest BCUT2D eigenvalue weighted by Gasteiger charge is -2.17. The molecule has 10 heteroatoms. The van der Waals surface area contributed by atoms with E-state index in [9.17, 15) is 4.79 Å². The fourth-order valence-corrected chi connectivity index (χ4v) is 5.36. The molecule has 2 N–H and O–H groups in total. The summed E-state index contributed by atoms with van der Waals surface area (Å²) in [5.41, 5.74) is 7.40. The third-order valence-corrected chi connectivity index (χ3v) is 8.05. The number of hydrogen-bond donors (Lipinski definition) is 2. The second-order valence-corrected chi connectivity index (χ2v) is 11.3. The molecule has 1 amide bonds. The quantitative estimate of drug-likeness (QED) is 0.273. The standard InChI is InChI=1S/C31H30N8O2/c1-17(2)39-18(3)23(16-33-39)26-35-25-22(11-14-32-27(25)36-26)20-9-10-21-19(15-20)7-5-6-8-24(21)34-28(40)29-37-30(38-41-29)31(4)12-13-31/h5-11,14-17,24H,12-13H2,1-4H3,(H,34,40)(H,32,35,36)/t24-/m1/s1. The number of carbonyl (C=O) groups is 1. The predicted molar refractivity (Wildman–Crippen MR) is 155 cm³/mol. The summed E-state index contributed by atoms with van der Waals surface area (Å²) in [7, 11) is 0. The Morgan fingerprint density at radius 3 is 2.80 bits per heavy atom. The molecule has 4 aromatic heterocycles. The fraction of sp³-hybridized carbons (Fsp3) is 0.290. The van der Waals surface area contributed by atoms with Crippen molar-refractivity contribution in [1.82, 2.24) is 40.2 Å². The zero-order valence-electron chi connectivity index (χ0n) is 23.3. The Bertz CT molecular complexity index is 1870. The van der Waals surface area contributed by atoms with Gasteiger partial charge in [-0.3, -0.25) is 9.48 Å². The average molecular weight is 547 g/mol. The number of H-pyrrole nitrogens is 1. The van der Waals surface area contributed by atoms with E-state index in [1.54, 1.807) is 6.20 Å². The molecule has 41 heavy (non-hydrogen) atoms. The molecule has 0 aliphatic heterocycles. The van der Waals surface area contributed by atoms with E-state index < -0.39 is 5.91 Å². The van der Waals surface area contributed by atoms with E-state index in [4.69, 9.17) is 9.51 Å². The van der Waals surface area contributed by atoms with Gasteiger partial charge in [0.2, 0.25) is 0 Å². The zero-order chi connectivity index (χ0) is 28.3. The summed E-state index contributed by atoms with van der Waals surface area (Å²) >= 11 is 0. The molecule has 1 saturated carbocycles. The first-order valence-corrected chi connectivity index (χ1v) is 13.8. The van der Waals surface area contributed by atoms with Gasteiger partial charge >= 0.3 is 11.8 Å². The largest absolute Gasteiger partial charge is 0.337 e. The van der Waals surface area contributed by atoms with E-state index in [2.05, 4.69) is 70.4 Å². The molecule has 0 unspecified atom stereocenters. The highest BCUT2D eigenvalue weighted by atomic mass is 16.5. The predicted octanol–water partition coefficient (Wildman–Crippen LogP) is 5.87. The van der Waals surface area contributed by atoms with Gasteiger partial charge in [0.25, 0.3) is 0 Å². The molecule has 1 fully saturated rings. The van der Waals surface area contributed by atoms with Gasteiger partial charge in [0, 0.05) is 28.9 Å². The number of pyridine rings is 1. The van der Waals surface area contributed by atoms with Gasteiger partial charge in [-0.2, -0.15) is 10.1 Å². The molecule has 1 aromatic carbocycles.